The fourth-order valence-corrected chi connectivity index (χ4v) is 3.55. The first-order valence-corrected chi connectivity index (χ1v) is 9.13. The first-order valence-electron chi connectivity index (χ1n) is 7.65. The number of carbonyl (C=O) groups excluding carboxylic acids is 1. The average Bonchev–Trinajstić information content (AvgIpc) is 2.61. The van der Waals surface area contributed by atoms with Gasteiger partial charge >= 0.3 is 0 Å². The van der Waals surface area contributed by atoms with Crippen LogP contribution in [0.4, 0.5) is 4.39 Å². The summed E-state index contributed by atoms with van der Waals surface area (Å²) in [5, 5.41) is 1.70. The van der Waals surface area contributed by atoms with Gasteiger partial charge in [-0.1, -0.05) is 42.5 Å². The lowest BCUT2D eigenvalue weighted by Crippen LogP contribution is -2.30. The zero-order valence-corrected chi connectivity index (χ0v) is 14.3. The number of nitrogens with one attached hydrogen (secondary N) is 1. The minimum absolute atomic E-state index is 0.0590. The summed E-state index contributed by atoms with van der Waals surface area (Å²) in [5.41, 5.74) is 0.212. The standard InChI is InChI=1S/C19H16FNO3S/c1-13-5-4-8-17(19(13)20)18(22)12-21-25(23,24)16-10-9-14-6-2-3-7-15(14)11-16/h2-11,21H,12H2,1H3. The van der Waals surface area contributed by atoms with Crippen LogP contribution in [0.2, 0.25) is 0 Å². The van der Waals surface area contributed by atoms with Gasteiger partial charge in [-0.3, -0.25) is 4.79 Å². The number of carbonyl (C=O) groups is 1. The van der Waals surface area contributed by atoms with Crippen molar-refractivity contribution in [2.75, 3.05) is 6.54 Å². The zero-order chi connectivity index (χ0) is 18.0. The molecule has 0 aromatic heterocycles. The number of fused-ring (bicyclic) bond motifs is 1. The third-order valence-electron chi connectivity index (χ3n) is 3.95. The van der Waals surface area contributed by atoms with Crippen LogP contribution in [0.3, 0.4) is 0 Å². The van der Waals surface area contributed by atoms with Crippen molar-refractivity contribution in [3.8, 4) is 0 Å². The van der Waals surface area contributed by atoms with Crippen LogP contribution in [0, 0.1) is 12.7 Å². The maximum Gasteiger partial charge on any atom is 0.241 e. The third-order valence-corrected chi connectivity index (χ3v) is 5.35. The van der Waals surface area contributed by atoms with E-state index in [2.05, 4.69) is 4.72 Å². The number of hydrogen-bond donors (Lipinski definition) is 1. The predicted octanol–water partition coefficient (Wildman–Crippen LogP) is 3.45. The van der Waals surface area contributed by atoms with Crippen LogP contribution in [0.15, 0.2) is 65.6 Å². The van der Waals surface area contributed by atoms with Gasteiger partial charge in [0.15, 0.2) is 5.78 Å². The van der Waals surface area contributed by atoms with E-state index in [-0.39, 0.29) is 10.5 Å². The largest absolute Gasteiger partial charge is 0.293 e. The Labute approximate surface area is 145 Å². The van der Waals surface area contributed by atoms with Crippen molar-refractivity contribution in [1.29, 1.82) is 0 Å². The fourth-order valence-electron chi connectivity index (χ4n) is 2.54. The summed E-state index contributed by atoms with van der Waals surface area (Å²) < 4.78 is 41.0. The summed E-state index contributed by atoms with van der Waals surface area (Å²) >= 11 is 0. The lowest BCUT2D eigenvalue weighted by molar-refractivity contribution is 0.0993. The molecule has 0 aliphatic carbocycles. The van der Waals surface area contributed by atoms with Gasteiger partial charge in [0, 0.05) is 0 Å². The van der Waals surface area contributed by atoms with E-state index in [4.69, 9.17) is 0 Å². The number of Topliss-reactive ketones (excluding diaryl/α,β-unsaturated/α-hetero) is 1. The molecule has 0 aliphatic rings. The van der Waals surface area contributed by atoms with E-state index in [0.29, 0.717) is 5.56 Å². The Morgan fingerprint density at radius 3 is 2.48 bits per heavy atom. The highest BCUT2D eigenvalue weighted by Crippen LogP contribution is 2.19. The Morgan fingerprint density at radius 1 is 1.00 bits per heavy atom. The monoisotopic (exact) mass is 357 g/mol. The quantitative estimate of drug-likeness (QED) is 0.712. The van der Waals surface area contributed by atoms with Crippen molar-refractivity contribution in [1.82, 2.24) is 4.72 Å². The molecule has 0 saturated carbocycles. The van der Waals surface area contributed by atoms with E-state index < -0.39 is 28.2 Å². The van der Waals surface area contributed by atoms with Gasteiger partial charge in [-0.15, -0.1) is 0 Å². The number of hydrogen-bond acceptors (Lipinski definition) is 3. The fraction of sp³-hybridized carbons (Fsp3) is 0.105. The number of aryl methyl sites for hydroxylation is 1. The second-order valence-corrected chi connectivity index (χ2v) is 7.46. The van der Waals surface area contributed by atoms with Gasteiger partial charge in [-0.2, -0.15) is 0 Å². The molecule has 128 valence electrons. The molecule has 0 radical (unpaired) electrons. The van der Waals surface area contributed by atoms with Crippen LogP contribution in [0.5, 0.6) is 0 Å². The highest BCUT2D eigenvalue weighted by atomic mass is 32.2. The van der Waals surface area contributed by atoms with Crippen molar-refractivity contribution < 1.29 is 17.6 Å². The normalized spacial score (nSPS) is 11.6. The van der Waals surface area contributed by atoms with Gasteiger partial charge in [0.2, 0.25) is 10.0 Å². The minimum atomic E-state index is -3.87. The number of benzene rings is 3. The SMILES string of the molecule is Cc1cccc(C(=O)CNS(=O)(=O)c2ccc3ccccc3c2)c1F. The summed E-state index contributed by atoms with van der Waals surface area (Å²) in [5.74, 6) is -1.25. The zero-order valence-electron chi connectivity index (χ0n) is 13.5. The van der Waals surface area contributed by atoms with Crippen LogP contribution in [-0.4, -0.2) is 20.7 Å². The number of sulfonamides is 1. The average molecular weight is 357 g/mol. The van der Waals surface area contributed by atoms with Gasteiger partial charge in [0.25, 0.3) is 0 Å². The molecule has 0 saturated heterocycles. The molecule has 0 fully saturated rings. The molecule has 0 spiro atoms. The lowest BCUT2D eigenvalue weighted by Gasteiger charge is -2.08. The molecule has 25 heavy (non-hydrogen) atoms. The topological polar surface area (TPSA) is 63.2 Å². The summed E-state index contributed by atoms with van der Waals surface area (Å²) in [6.45, 7) is 1.04. The molecule has 3 aromatic rings. The lowest BCUT2D eigenvalue weighted by atomic mass is 10.1. The van der Waals surface area contributed by atoms with E-state index in [9.17, 15) is 17.6 Å². The molecule has 4 nitrogen and oxygen atoms in total. The van der Waals surface area contributed by atoms with Crippen molar-refractivity contribution in [3.05, 3.63) is 77.6 Å². The van der Waals surface area contributed by atoms with E-state index >= 15 is 0 Å². The van der Waals surface area contributed by atoms with Crippen LogP contribution in [0.25, 0.3) is 10.8 Å². The summed E-state index contributed by atoms with van der Waals surface area (Å²) in [6, 6.07) is 16.5. The van der Waals surface area contributed by atoms with E-state index in [0.717, 1.165) is 10.8 Å². The van der Waals surface area contributed by atoms with E-state index in [1.54, 1.807) is 25.1 Å². The molecule has 0 amide bonds. The molecule has 0 atom stereocenters. The molecule has 0 unspecified atom stereocenters. The number of halogens is 1. The maximum absolute atomic E-state index is 14.0. The summed E-state index contributed by atoms with van der Waals surface area (Å²) in [7, 11) is -3.87. The molecular weight excluding hydrogens is 341 g/mol. The molecule has 6 heteroatoms. The van der Waals surface area contributed by atoms with Gasteiger partial charge in [-0.05, 0) is 41.5 Å². The van der Waals surface area contributed by atoms with Crippen LogP contribution in [0.1, 0.15) is 15.9 Å². The predicted molar refractivity (Wildman–Crippen MR) is 94.6 cm³/mol. The Hall–Kier alpha value is -2.57. The maximum atomic E-state index is 14.0. The van der Waals surface area contributed by atoms with Crippen molar-refractivity contribution in [2.45, 2.75) is 11.8 Å². The first-order chi connectivity index (χ1) is 11.9. The molecule has 0 aliphatic heterocycles. The van der Waals surface area contributed by atoms with Crippen LogP contribution >= 0.6 is 0 Å². The summed E-state index contributed by atoms with van der Waals surface area (Å²) in [4.78, 5) is 12.2. The van der Waals surface area contributed by atoms with Gasteiger partial charge in [0.1, 0.15) is 5.82 Å². The molecular formula is C19H16FNO3S. The Balaban J connectivity index is 1.81. The Morgan fingerprint density at radius 2 is 1.72 bits per heavy atom. The molecule has 0 heterocycles. The number of rotatable bonds is 5. The minimum Gasteiger partial charge on any atom is -0.293 e. The van der Waals surface area contributed by atoms with E-state index in [1.165, 1.54) is 18.2 Å². The van der Waals surface area contributed by atoms with E-state index in [1.807, 2.05) is 24.3 Å². The highest BCUT2D eigenvalue weighted by Gasteiger charge is 2.19. The van der Waals surface area contributed by atoms with Gasteiger partial charge in [-0.25, -0.2) is 17.5 Å². The van der Waals surface area contributed by atoms with Crippen LogP contribution < -0.4 is 4.72 Å². The molecule has 1 N–H and O–H groups in total. The summed E-state index contributed by atoms with van der Waals surface area (Å²) in [6.07, 6.45) is 0. The molecule has 0 bridgehead atoms. The first kappa shape index (κ1) is 17.3. The van der Waals surface area contributed by atoms with Crippen molar-refractivity contribution in [3.63, 3.8) is 0 Å². The highest BCUT2D eigenvalue weighted by molar-refractivity contribution is 7.89. The smallest absolute Gasteiger partial charge is 0.241 e. The number of ketones is 1. The third kappa shape index (κ3) is 3.60. The molecule has 3 rings (SSSR count). The van der Waals surface area contributed by atoms with Gasteiger partial charge < -0.3 is 0 Å². The van der Waals surface area contributed by atoms with Crippen LogP contribution in [-0.2, 0) is 10.0 Å². The molecule has 3 aromatic carbocycles. The Bertz CT molecular complexity index is 1060. The van der Waals surface area contributed by atoms with Gasteiger partial charge in [0.05, 0.1) is 17.0 Å². The van der Waals surface area contributed by atoms with Crippen molar-refractivity contribution >= 4 is 26.6 Å². The second kappa shape index (κ2) is 6.74. The van der Waals surface area contributed by atoms with Crippen molar-refractivity contribution in [2.24, 2.45) is 0 Å². The second-order valence-electron chi connectivity index (χ2n) is 5.69. The Kier molecular flexibility index (Phi) is 4.65.